The van der Waals surface area contributed by atoms with Crippen molar-refractivity contribution in [3.05, 3.63) is 35.9 Å². The van der Waals surface area contributed by atoms with Gasteiger partial charge < -0.3 is 16.8 Å². The fourth-order valence-corrected chi connectivity index (χ4v) is 3.73. The number of nitrogen functional groups attached to an aromatic ring is 1. The van der Waals surface area contributed by atoms with Gasteiger partial charge in [0, 0.05) is 12.4 Å². The molecule has 0 unspecified atom stereocenters. The standard InChI is InChI=1S/C18H22F2N8O/c19-16(20)15-13(9-28(26-15)11-3-1-10(7-21)2-4-11)24-18(29)12-8-23-27-6-5-14(22)25-17(12)27/h5-6,8-11,16H,1-4,7,21H2,(H2,22,25)(H,24,29). The molecule has 5 N–H and O–H groups in total. The van der Waals surface area contributed by atoms with E-state index in [9.17, 15) is 13.6 Å². The number of alkyl halides is 2. The second-order valence-corrected chi connectivity index (χ2v) is 7.25. The molecule has 0 bridgehead atoms. The van der Waals surface area contributed by atoms with Crippen molar-refractivity contribution in [2.45, 2.75) is 38.2 Å². The molecule has 1 saturated carbocycles. The van der Waals surface area contributed by atoms with Crippen LogP contribution in [0.15, 0.2) is 24.7 Å². The predicted molar refractivity (Wildman–Crippen MR) is 103 cm³/mol. The molecule has 3 aromatic heterocycles. The van der Waals surface area contributed by atoms with Crippen LogP contribution >= 0.6 is 0 Å². The van der Waals surface area contributed by atoms with Crippen molar-refractivity contribution in [3.8, 4) is 0 Å². The molecule has 1 amide bonds. The van der Waals surface area contributed by atoms with Gasteiger partial charge in [0.15, 0.2) is 11.3 Å². The van der Waals surface area contributed by atoms with E-state index in [-0.39, 0.29) is 28.8 Å². The van der Waals surface area contributed by atoms with E-state index < -0.39 is 18.0 Å². The molecule has 29 heavy (non-hydrogen) atoms. The number of halogens is 2. The highest BCUT2D eigenvalue weighted by Crippen LogP contribution is 2.34. The minimum absolute atomic E-state index is 0.0133. The van der Waals surface area contributed by atoms with Gasteiger partial charge in [-0.15, -0.1) is 0 Å². The zero-order chi connectivity index (χ0) is 20.5. The van der Waals surface area contributed by atoms with E-state index in [0.717, 1.165) is 25.7 Å². The summed E-state index contributed by atoms with van der Waals surface area (Å²) in [6.07, 6.45) is 5.04. The van der Waals surface area contributed by atoms with Crippen LogP contribution in [0.2, 0.25) is 0 Å². The molecule has 3 aromatic rings. The number of fused-ring (bicyclic) bond motifs is 1. The molecule has 1 aliphatic rings. The summed E-state index contributed by atoms with van der Waals surface area (Å²) in [6, 6.07) is 1.56. The molecular formula is C18H22F2N8O. The lowest BCUT2D eigenvalue weighted by Crippen LogP contribution is -2.23. The lowest BCUT2D eigenvalue weighted by atomic mass is 9.86. The van der Waals surface area contributed by atoms with Crippen molar-refractivity contribution in [3.63, 3.8) is 0 Å². The minimum atomic E-state index is -2.82. The van der Waals surface area contributed by atoms with Crippen LogP contribution in [0.5, 0.6) is 0 Å². The highest BCUT2D eigenvalue weighted by atomic mass is 19.3. The molecule has 0 saturated heterocycles. The third kappa shape index (κ3) is 3.77. The predicted octanol–water partition coefficient (Wildman–Crippen LogP) is 2.39. The Kier molecular flexibility index (Phi) is 5.14. The van der Waals surface area contributed by atoms with Crippen molar-refractivity contribution in [2.24, 2.45) is 11.7 Å². The molecule has 9 nitrogen and oxygen atoms in total. The van der Waals surface area contributed by atoms with Gasteiger partial charge in [0.1, 0.15) is 11.4 Å². The number of carbonyl (C=O) groups excluding carboxylic acids is 1. The second-order valence-electron chi connectivity index (χ2n) is 7.25. The normalized spacial score (nSPS) is 19.7. The first-order valence-electron chi connectivity index (χ1n) is 9.44. The van der Waals surface area contributed by atoms with Gasteiger partial charge in [-0.25, -0.2) is 18.3 Å². The van der Waals surface area contributed by atoms with Crippen molar-refractivity contribution in [2.75, 3.05) is 17.6 Å². The Bertz CT molecular complexity index is 1020. The average molecular weight is 404 g/mol. The molecule has 4 rings (SSSR count). The van der Waals surface area contributed by atoms with Crippen LogP contribution in [0.4, 0.5) is 20.3 Å². The maximum absolute atomic E-state index is 13.5. The van der Waals surface area contributed by atoms with Gasteiger partial charge >= 0.3 is 0 Å². The summed E-state index contributed by atoms with van der Waals surface area (Å²) in [4.78, 5) is 16.8. The SMILES string of the molecule is NCC1CCC(n2cc(NC(=O)c3cnn4ccc(N)nc34)c(C(F)F)n2)CC1. The number of amides is 1. The van der Waals surface area contributed by atoms with Crippen molar-refractivity contribution >= 4 is 23.1 Å². The Labute approximate surface area is 165 Å². The maximum atomic E-state index is 13.5. The third-order valence-corrected chi connectivity index (χ3v) is 5.37. The van der Waals surface area contributed by atoms with Gasteiger partial charge in [-0.05, 0) is 44.2 Å². The molecule has 1 fully saturated rings. The molecule has 0 atom stereocenters. The van der Waals surface area contributed by atoms with E-state index in [1.165, 1.54) is 21.6 Å². The molecule has 1 aliphatic carbocycles. The number of hydrogen-bond donors (Lipinski definition) is 3. The van der Waals surface area contributed by atoms with E-state index in [2.05, 4.69) is 20.5 Å². The second kappa shape index (κ2) is 7.74. The Morgan fingerprint density at radius 1 is 1.31 bits per heavy atom. The topological polar surface area (TPSA) is 129 Å². The number of rotatable bonds is 5. The fourth-order valence-electron chi connectivity index (χ4n) is 3.73. The van der Waals surface area contributed by atoms with Crippen molar-refractivity contribution in [1.29, 1.82) is 0 Å². The van der Waals surface area contributed by atoms with Crippen LogP contribution in [0.25, 0.3) is 5.65 Å². The summed E-state index contributed by atoms with van der Waals surface area (Å²) in [5, 5.41) is 10.6. The first kappa shape index (κ1) is 19.2. The number of anilines is 2. The van der Waals surface area contributed by atoms with E-state index >= 15 is 0 Å². The lowest BCUT2D eigenvalue weighted by molar-refractivity contribution is 0.102. The molecule has 154 valence electrons. The van der Waals surface area contributed by atoms with Gasteiger partial charge in [-0.1, -0.05) is 0 Å². The first-order chi connectivity index (χ1) is 14.0. The summed E-state index contributed by atoms with van der Waals surface area (Å²) >= 11 is 0. The summed E-state index contributed by atoms with van der Waals surface area (Å²) in [5.41, 5.74) is 11.3. The molecule has 11 heteroatoms. The Hall–Kier alpha value is -3.08. The van der Waals surface area contributed by atoms with Gasteiger partial charge in [-0.3, -0.25) is 9.48 Å². The zero-order valence-corrected chi connectivity index (χ0v) is 15.6. The minimum Gasteiger partial charge on any atom is -0.384 e. The van der Waals surface area contributed by atoms with Gasteiger partial charge in [0.2, 0.25) is 0 Å². The summed E-state index contributed by atoms with van der Waals surface area (Å²) < 4.78 is 30.0. The fraction of sp³-hybridized carbons (Fsp3) is 0.444. The number of hydrogen-bond acceptors (Lipinski definition) is 6. The van der Waals surface area contributed by atoms with Crippen LogP contribution < -0.4 is 16.8 Å². The van der Waals surface area contributed by atoms with E-state index in [0.29, 0.717) is 12.5 Å². The van der Waals surface area contributed by atoms with Gasteiger partial charge in [-0.2, -0.15) is 10.2 Å². The third-order valence-electron chi connectivity index (χ3n) is 5.37. The summed E-state index contributed by atoms with van der Waals surface area (Å²) in [7, 11) is 0. The number of aromatic nitrogens is 5. The van der Waals surface area contributed by atoms with Crippen LogP contribution in [0.3, 0.4) is 0 Å². The summed E-state index contributed by atoms with van der Waals surface area (Å²) in [5.74, 6) is 0.0822. The van der Waals surface area contributed by atoms with E-state index in [4.69, 9.17) is 11.5 Å². The molecule has 0 spiro atoms. The van der Waals surface area contributed by atoms with Gasteiger partial charge in [0.05, 0.1) is 17.9 Å². The molecule has 3 heterocycles. The lowest BCUT2D eigenvalue weighted by Gasteiger charge is -2.27. The smallest absolute Gasteiger partial charge is 0.284 e. The highest BCUT2D eigenvalue weighted by molar-refractivity contribution is 6.08. The Morgan fingerprint density at radius 2 is 2.07 bits per heavy atom. The molecule has 0 aliphatic heterocycles. The quantitative estimate of drug-likeness (QED) is 0.599. The summed E-state index contributed by atoms with van der Waals surface area (Å²) in [6.45, 7) is 0.633. The van der Waals surface area contributed by atoms with Crippen LogP contribution in [-0.4, -0.2) is 36.8 Å². The highest BCUT2D eigenvalue weighted by Gasteiger charge is 2.27. The Balaban J connectivity index is 1.58. The zero-order valence-electron chi connectivity index (χ0n) is 15.6. The molecular weight excluding hydrogens is 382 g/mol. The average Bonchev–Trinajstić information content (AvgIpc) is 3.32. The van der Waals surface area contributed by atoms with E-state index in [1.807, 2.05) is 0 Å². The monoisotopic (exact) mass is 404 g/mol. The van der Waals surface area contributed by atoms with Gasteiger partial charge in [0.25, 0.3) is 12.3 Å². The number of nitrogens with zero attached hydrogens (tertiary/aromatic N) is 5. The van der Waals surface area contributed by atoms with Crippen LogP contribution in [-0.2, 0) is 0 Å². The number of nitrogens with two attached hydrogens (primary N) is 2. The van der Waals surface area contributed by atoms with Crippen molar-refractivity contribution in [1.82, 2.24) is 24.4 Å². The van der Waals surface area contributed by atoms with Crippen LogP contribution in [0.1, 0.15) is 54.2 Å². The number of carbonyl (C=O) groups is 1. The maximum Gasteiger partial charge on any atom is 0.284 e. The first-order valence-corrected chi connectivity index (χ1v) is 9.44. The molecule has 0 aromatic carbocycles. The largest absolute Gasteiger partial charge is 0.384 e. The molecule has 0 radical (unpaired) electrons. The Morgan fingerprint density at radius 3 is 2.76 bits per heavy atom. The van der Waals surface area contributed by atoms with E-state index in [1.54, 1.807) is 12.3 Å². The van der Waals surface area contributed by atoms with Crippen molar-refractivity contribution < 1.29 is 13.6 Å². The number of nitrogens with one attached hydrogen (secondary N) is 1. The van der Waals surface area contributed by atoms with Crippen LogP contribution in [0, 0.1) is 5.92 Å².